The third-order valence-electron chi connectivity index (χ3n) is 5.02. The van der Waals surface area contributed by atoms with Crippen LogP contribution in [0.1, 0.15) is 37.8 Å². The third kappa shape index (κ3) is 5.63. The molecule has 3 aromatic rings. The molecule has 0 aliphatic heterocycles. The second-order valence-electron chi connectivity index (χ2n) is 7.56. The van der Waals surface area contributed by atoms with Gasteiger partial charge in [-0.1, -0.05) is 36.4 Å². The van der Waals surface area contributed by atoms with Crippen LogP contribution in [0.15, 0.2) is 76.7 Å². The number of rotatable bonds is 9. The molecule has 0 fully saturated rings. The molecule has 166 valence electrons. The lowest BCUT2D eigenvalue weighted by Crippen LogP contribution is -2.37. The van der Waals surface area contributed by atoms with E-state index in [0.29, 0.717) is 18.7 Å². The van der Waals surface area contributed by atoms with Crippen molar-refractivity contribution < 1.29 is 14.0 Å². The third-order valence-corrected chi connectivity index (χ3v) is 5.02. The highest BCUT2D eigenvalue weighted by Crippen LogP contribution is 2.11. The Morgan fingerprint density at radius 2 is 1.84 bits per heavy atom. The zero-order chi connectivity index (χ0) is 23.1. The van der Waals surface area contributed by atoms with Crippen molar-refractivity contribution in [2.45, 2.75) is 19.9 Å². The zero-order valence-corrected chi connectivity index (χ0v) is 18.3. The molecule has 0 saturated heterocycles. The monoisotopic (exact) mass is 433 g/mol. The minimum atomic E-state index is -0.602. The molecule has 2 aromatic heterocycles. The number of pyridine rings is 1. The lowest BCUT2D eigenvalue weighted by molar-refractivity contribution is 0.0794. The summed E-state index contributed by atoms with van der Waals surface area (Å²) in [6.07, 6.45) is 5.10. The Morgan fingerprint density at radius 3 is 2.50 bits per heavy atom. The van der Waals surface area contributed by atoms with Gasteiger partial charge in [0.2, 0.25) is 5.43 Å². The van der Waals surface area contributed by atoms with Gasteiger partial charge in [-0.25, -0.2) is 0 Å². The number of carbonyl (C=O) groups is 2. The smallest absolute Gasteiger partial charge is 0.259 e. The van der Waals surface area contributed by atoms with Crippen LogP contribution in [-0.2, 0) is 13.0 Å². The first-order valence-electron chi connectivity index (χ1n) is 10.4. The Labute approximate surface area is 187 Å². The number of hydrogen-bond acceptors (Lipinski definition) is 4. The molecule has 2 heterocycles. The van der Waals surface area contributed by atoms with Crippen molar-refractivity contribution in [1.29, 1.82) is 0 Å². The number of furan rings is 1. The molecular weight excluding hydrogens is 406 g/mol. The van der Waals surface area contributed by atoms with Gasteiger partial charge in [-0.2, -0.15) is 0 Å². The van der Waals surface area contributed by atoms with Crippen molar-refractivity contribution in [3.05, 3.63) is 106 Å². The Bertz CT molecular complexity index is 1160. The number of aromatic nitrogens is 1. The van der Waals surface area contributed by atoms with E-state index in [-0.39, 0.29) is 24.2 Å². The van der Waals surface area contributed by atoms with E-state index in [2.05, 4.69) is 11.9 Å². The first kappa shape index (κ1) is 22.8. The molecule has 0 saturated carbocycles. The van der Waals surface area contributed by atoms with Gasteiger partial charge in [0, 0.05) is 32.5 Å². The summed E-state index contributed by atoms with van der Waals surface area (Å²) in [5.74, 6) is 0.413. The van der Waals surface area contributed by atoms with Crippen LogP contribution < -0.4 is 10.7 Å². The summed E-state index contributed by atoms with van der Waals surface area (Å²) in [5.41, 5.74) is 0.331. The first-order chi connectivity index (χ1) is 15.4. The van der Waals surface area contributed by atoms with Crippen LogP contribution in [-0.4, -0.2) is 41.4 Å². The van der Waals surface area contributed by atoms with Gasteiger partial charge in [0.15, 0.2) is 0 Å². The van der Waals surface area contributed by atoms with Gasteiger partial charge in [0.1, 0.15) is 22.6 Å². The Hall–Kier alpha value is -3.87. The van der Waals surface area contributed by atoms with Crippen LogP contribution in [0.4, 0.5) is 0 Å². The predicted molar refractivity (Wildman–Crippen MR) is 123 cm³/mol. The molecule has 0 radical (unpaired) electrons. The lowest BCUT2D eigenvalue weighted by atomic mass is 10.1. The predicted octanol–water partition coefficient (Wildman–Crippen LogP) is 3.03. The summed E-state index contributed by atoms with van der Waals surface area (Å²) >= 11 is 0. The molecular formula is C25H27N3O4. The van der Waals surface area contributed by atoms with E-state index >= 15 is 0 Å². The summed E-state index contributed by atoms with van der Waals surface area (Å²) in [7, 11) is 1.65. The Morgan fingerprint density at radius 1 is 1.12 bits per heavy atom. The number of aryl methyl sites for hydroxylation is 1. The fourth-order valence-electron chi connectivity index (χ4n) is 3.30. The Balaban J connectivity index is 1.90. The van der Waals surface area contributed by atoms with Crippen molar-refractivity contribution >= 4 is 11.8 Å². The van der Waals surface area contributed by atoms with E-state index < -0.39 is 17.2 Å². The van der Waals surface area contributed by atoms with E-state index in [1.54, 1.807) is 11.6 Å². The first-order valence-corrected chi connectivity index (χ1v) is 10.4. The molecule has 0 unspecified atom stereocenters. The van der Waals surface area contributed by atoms with Gasteiger partial charge in [-0.15, -0.1) is 6.58 Å². The van der Waals surface area contributed by atoms with Crippen LogP contribution in [0.5, 0.6) is 0 Å². The van der Waals surface area contributed by atoms with Gasteiger partial charge in [-0.3, -0.25) is 14.4 Å². The van der Waals surface area contributed by atoms with Crippen molar-refractivity contribution in [1.82, 2.24) is 14.8 Å². The van der Waals surface area contributed by atoms with Crippen molar-refractivity contribution in [2.75, 3.05) is 20.1 Å². The van der Waals surface area contributed by atoms with Crippen molar-refractivity contribution in [3.63, 3.8) is 0 Å². The van der Waals surface area contributed by atoms with Crippen molar-refractivity contribution in [3.8, 4) is 0 Å². The maximum Gasteiger partial charge on any atom is 0.259 e. The normalized spacial score (nSPS) is 10.6. The standard InChI is InChI=1S/C25H27N3O4/c1-4-13-26-24(30)21-16-28(15-20-11-10-18(2)32-20)17-22(23(21)29)25(31)27(3)14-12-19-8-6-5-7-9-19/h4-11,16-17H,1,12-15H2,2-3H3,(H,26,30). The minimum Gasteiger partial charge on any atom is -0.464 e. The molecule has 32 heavy (non-hydrogen) atoms. The van der Waals surface area contributed by atoms with E-state index in [1.807, 2.05) is 49.4 Å². The molecule has 7 heteroatoms. The van der Waals surface area contributed by atoms with Crippen LogP contribution in [0, 0.1) is 6.92 Å². The van der Waals surface area contributed by atoms with E-state index in [1.165, 1.54) is 23.4 Å². The van der Waals surface area contributed by atoms with Gasteiger partial charge in [0.25, 0.3) is 11.8 Å². The maximum atomic E-state index is 13.1. The molecule has 3 rings (SSSR count). The van der Waals surface area contributed by atoms with Crippen LogP contribution >= 0.6 is 0 Å². The van der Waals surface area contributed by atoms with Gasteiger partial charge in [-0.05, 0) is 31.0 Å². The minimum absolute atomic E-state index is 0.0601. The van der Waals surface area contributed by atoms with E-state index in [0.717, 1.165) is 11.3 Å². The summed E-state index contributed by atoms with van der Waals surface area (Å²) in [6.45, 7) is 6.33. The number of hydrogen-bond donors (Lipinski definition) is 1. The van der Waals surface area contributed by atoms with E-state index in [4.69, 9.17) is 4.42 Å². The molecule has 7 nitrogen and oxygen atoms in total. The molecule has 1 aromatic carbocycles. The van der Waals surface area contributed by atoms with Crippen molar-refractivity contribution in [2.24, 2.45) is 0 Å². The van der Waals surface area contributed by atoms with Crippen LogP contribution in [0.3, 0.4) is 0 Å². The zero-order valence-electron chi connectivity index (χ0n) is 18.3. The highest BCUT2D eigenvalue weighted by Gasteiger charge is 2.22. The summed E-state index contributed by atoms with van der Waals surface area (Å²) in [4.78, 5) is 40.2. The highest BCUT2D eigenvalue weighted by atomic mass is 16.3. The molecule has 0 spiro atoms. The number of nitrogens with zero attached hydrogens (tertiary/aromatic N) is 2. The average Bonchev–Trinajstić information content (AvgIpc) is 3.21. The quantitative estimate of drug-likeness (QED) is 0.526. The summed E-state index contributed by atoms with van der Waals surface area (Å²) in [6, 6.07) is 13.4. The van der Waals surface area contributed by atoms with Gasteiger partial charge in [0.05, 0.1) is 6.54 Å². The second kappa shape index (κ2) is 10.4. The number of amides is 2. The lowest BCUT2D eigenvalue weighted by Gasteiger charge is -2.18. The maximum absolute atomic E-state index is 13.1. The fraction of sp³-hybridized carbons (Fsp3) is 0.240. The number of likely N-dealkylation sites (N-methyl/N-ethyl adjacent to an activating group) is 1. The highest BCUT2D eigenvalue weighted by molar-refractivity contribution is 5.99. The molecule has 0 atom stereocenters. The number of carbonyl (C=O) groups excluding carboxylic acids is 2. The fourth-order valence-corrected chi connectivity index (χ4v) is 3.30. The average molecular weight is 434 g/mol. The van der Waals surface area contributed by atoms with E-state index in [9.17, 15) is 14.4 Å². The molecule has 1 N–H and O–H groups in total. The summed E-state index contributed by atoms with van der Waals surface area (Å²) in [5, 5.41) is 2.61. The topological polar surface area (TPSA) is 84.6 Å². The number of nitrogens with one attached hydrogen (secondary N) is 1. The van der Waals surface area contributed by atoms with Crippen LogP contribution in [0.25, 0.3) is 0 Å². The molecule has 0 aliphatic rings. The molecule has 2 amide bonds. The molecule has 0 bridgehead atoms. The molecule has 0 aliphatic carbocycles. The number of benzene rings is 1. The largest absolute Gasteiger partial charge is 0.464 e. The SMILES string of the molecule is C=CCNC(=O)c1cn(Cc2ccc(C)o2)cc(C(=O)N(C)CCc2ccccc2)c1=O. The van der Waals surface area contributed by atoms with Gasteiger partial charge < -0.3 is 19.2 Å². The van der Waals surface area contributed by atoms with Gasteiger partial charge >= 0.3 is 0 Å². The Kier molecular flexibility index (Phi) is 7.44. The summed E-state index contributed by atoms with van der Waals surface area (Å²) < 4.78 is 7.24. The second-order valence-corrected chi connectivity index (χ2v) is 7.56. The van der Waals surface area contributed by atoms with Crippen LogP contribution in [0.2, 0.25) is 0 Å².